The molecule has 1 amide bonds. The number of thiophene rings is 1. The zero-order valence-corrected chi connectivity index (χ0v) is 16.1. The standard InChI is InChI=1S/C19H19N3O2S2/c1-11-6-8-12(9-7-11)22-18(24)16-13-4-2-3-5-14(13)26-17(16)21-19(22)25-10-15(20)23/h6-9H,2-5,10H2,1H3,(H2,20,23). The van der Waals surface area contributed by atoms with Crippen LogP contribution in [0.4, 0.5) is 0 Å². The largest absolute Gasteiger partial charge is 0.369 e. The van der Waals surface area contributed by atoms with Gasteiger partial charge in [0.2, 0.25) is 5.91 Å². The van der Waals surface area contributed by atoms with Crippen LogP contribution in [0.5, 0.6) is 0 Å². The summed E-state index contributed by atoms with van der Waals surface area (Å²) in [5, 5.41) is 1.26. The van der Waals surface area contributed by atoms with Gasteiger partial charge in [0, 0.05) is 4.88 Å². The molecule has 0 atom stereocenters. The molecule has 3 aromatic rings. The second-order valence-electron chi connectivity index (χ2n) is 6.52. The molecular formula is C19H19N3O2S2. The van der Waals surface area contributed by atoms with Crippen LogP contribution in [0.15, 0.2) is 34.2 Å². The molecule has 2 heterocycles. The van der Waals surface area contributed by atoms with Crippen molar-refractivity contribution in [2.45, 2.75) is 37.8 Å². The molecule has 4 rings (SSSR count). The Morgan fingerprint density at radius 2 is 2.00 bits per heavy atom. The van der Waals surface area contributed by atoms with Crippen molar-refractivity contribution >= 4 is 39.2 Å². The summed E-state index contributed by atoms with van der Waals surface area (Å²) >= 11 is 2.83. The Hall–Kier alpha value is -2.12. The van der Waals surface area contributed by atoms with Crippen molar-refractivity contribution in [1.29, 1.82) is 0 Å². The summed E-state index contributed by atoms with van der Waals surface area (Å²) in [4.78, 5) is 31.5. The summed E-state index contributed by atoms with van der Waals surface area (Å²) in [6, 6.07) is 7.77. The Bertz CT molecular complexity index is 1050. The monoisotopic (exact) mass is 385 g/mol. The van der Waals surface area contributed by atoms with Gasteiger partial charge in [-0.1, -0.05) is 29.5 Å². The summed E-state index contributed by atoms with van der Waals surface area (Å²) in [5.74, 6) is -0.334. The van der Waals surface area contributed by atoms with Gasteiger partial charge in [0.15, 0.2) is 5.16 Å². The number of hydrogen-bond acceptors (Lipinski definition) is 5. The Balaban J connectivity index is 1.97. The Morgan fingerprint density at radius 3 is 2.73 bits per heavy atom. The molecule has 1 aromatic carbocycles. The fourth-order valence-electron chi connectivity index (χ4n) is 3.34. The van der Waals surface area contributed by atoms with E-state index in [1.54, 1.807) is 15.9 Å². The van der Waals surface area contributed by atoms with Gasteiger partial charge in [0.1, 0.15) is 4.83 Å². The third kappa shape index (κ3) is 3.05. The molecule has 7 heteroatoms. The van der Waals surface area contributed by atoms with E-state index in [1.165, 1.54) is 22.2 Å². The number of carbonyl (C=O) groups is 1. The molecular weight excluding hydrogens is 366 g/mol. The number of hydrogen-bond donors (Lipinski definition) is 1. The van der Waals surface area contributed by atoms with Gasteiger partial charge in [-0.2, -0.15) is 0 Å². The summed E-state index contributed by atoms with van der Waals surface area (Å²) < 4.78 is 1.62. The molecule has 0 unspecified atom stereocenters. The van der Waals surface area contributed by atoms with Crippen molar-refractivity contribution in [3.05, 3.63) is 50.6 Å². The van der Waals surface area contributed by atoms with Crippen LogP contribution in [0, 0.1) is 6.92 Å². The SMILES string of the molecule is Cc1ccc(-n2c(SCC(N)=O)nc3sc4c(c3c2=O)CCCC4)cc1. The number of amides is 1. The summed E-state index contributed by atoms with van der Waals surface area (Å²) in [7, 11) is 0. The normalized spacial score (nSPS) is 13.7. The molecule has 0 aliphatic heterocycles. The average Bonchev–Trinajstić information content (AvgIpc) is 2.99. The lowest BCUT2D eigenvalue weighted by Gasteiger charge is -2.13. The van der Waals surface area contributed by atoms with E-state index >= 15 is 0 Å². The van der Waals surface area contributed by atoms with Gasteiger partial charge in [-0.3, -0.25) is 14.2 Å². The fourth-order valence-corrected chi connectivity index (χ4v) is 5.39. The highest BCUT2D eigenvalue weighted by atomic mass is 32.2. The number of primary amides is 1. The molecule has 26 heavy (non-hydrogen) atoms. The molecule has 2 N–H and O–H groups in total. The van der Waals surface area contributed by atoms with Crippen molar-refractivity contribution in [2.24, 2.45) is 5.73 Å². The minimum Gasteiger partial charge on any atom is -0.369 e. The second-order valence-corrected chi connectivity index (χ2v) is 8.54. The zero-order valence-electron chi connectivity index (χ0n) is 14.4. The summed E-state index contributed by atoms with van der Waals surface area (Å²) in [5.41, 5.74) is 8.31. The van der Waals surface area contributed by atoms with Crippen molar-refractivity contribution in [1.82, 2.24) is 9.55 Å². The van der Waals surface area contributed by atoms with Crippen LogP contribution in [0.2, 0.25) is 0 Å². The van der Waals surface area contributed by atoms with Crippen LogP contribution in [0.25, 0.3) is 15.9 Å². The number of thioether (sulfide) groups is 1. The minimum absolute atomic E-state index is 0.0507. The predicted molar refractivity (Wildman–Crippen MR) is 107 cm³/mol. The van der Waals surface area contributed by atoms with E-state index < -0.39 is 5.91 Å². The number of aromatic nitrogens is 2. The summed E-state index contributed by atoms with van der Waals surface area (Å²) in [6.07, 6.45) is 4.23. The molecule has 134 valence electrons. The quantitative estimate of drug-likeness (QED) is 0.552. The molecule has 1 aliphatic carbocycles. The lowest BCUT2D eigenvalue weighted by molar-refractivity contribution is -0.115. The van der Waals surface area contributed by atoms with Crippen molar-refractivity contribution in [3.63, 3.8) is 0 Å². The van der Waals surface area contributed by atoms with E-state index in [4.69, 9.17) is 10.7 Å². The Kier molecular flexibility index (Phi) is 4.58. The molecule has 2 aromatic heterocycles. The van der Waals surface area contributed by atoms with E-state index in [9.17, 15) is 9.59 Å². The molecule has 0 saturated carbocycles. The van der Waals surface area contributed by atoms with Crippen molar-refractivity contribution < 1.29 is 4.79 Å². The number of nitrogens with zero attached hydrogens (tertiary/aromatic N) is 2. The number of nitrogens with two attached hydrogens (primary N) is 1. The van der Waals surface area contributed by atoms with Gasteiger partial charge in [0.05, 0.1) is 16.8 Å². The Labute approximate surface area is 159 Å². The van der Waals surface area contributed by atoms with Crippen LogP contribution < -0.4 is 11.3 Å². The highest BCUT2D eigenvalue weighted by Crippen LogP contribution is 2.35. The molecule has 1 aliphatic rings. The first kappa shape index (κ1) is 17.3. The molecule has 0 fully saturated rings. The number of benzene rings is 1. The smallest absolute Gasteiger partial charge is 0.267 e. The van der Waals surface area contributed by atoms with Crippen LogP contribution in [-0.4, -0.2) is 21.2 Å². The van der Waals surface area contributed by atoms with Gasteiger partial charge in [-0.05, 0) is 50.3 Å². The number of rotatable bonds is 4. The van der Waals surface area contributed by atoms with Crippen molar-refractivity contribution in [2.75, 3.05) is 5.75 Å². The maximum Gasteiger partial charge on any atom is 0.267 e. The third-order valence-electron chi connectivity index (χ3n) is 4.59. The number of aryl methyl sites for hydroxylation is 3. The fraction of sp³-hybridized carbons (Fsp3) is 0.316. The second kappa shape index (κ2) is 6.89. The minimum atomic E-state index is -0.426. The van der Waals surface area contributed by atoms with E-state index in [0.717, 1.165) is 47.2 Å². The zero-order chi connectivity index (χ0) is 18.3. The first-order valence-electron chi connectivity index (χ1n) is 8.60. The molecule has 0 saturated heterocycles. The number of fused-ring (bicyclic) bond motifs is 3. The lowest BCUT2D eigenvalue weighted by atomic mass is 9.97. The topological polar surface area (TPSA) is 78.0 Å². The first-order valence-corrected chi connectivity index (χ1v) is 10.4. The van der Waals surface area contributed by atoms with E-state index in [2.05, 4.69) is 0 Å². The highest BCUT2D eigenvalue weighted by molar-refractivity contribution is 7.99. The highest BCUT2D eigenvalue weighted by Gasteiger charge is 2.23. The van der Waals surface area contributed by atoms with Crippen LogP contribution in [0.1, 0.15) is 28.8 Å². The maximum absolute atomic E-state index is 13.4. The van der Waals surface area contributed by atoms with E-state index in [-0.39, 0.29) is 11.3 Å². The molecule has 0 spiro atoms. The van der Waals surface area contributed by atoms with Gasteiger partial charge in [-0.25, -0.2) is 4.98 Å². The van der Waals surface area contributed by atoms with Gasteiger partial charge in [0.25, 0.3) is 5.56 Å². The maximum atomic E-state index is 13.4. The van der Waals surface area contributed by atoms with Crippen LogP contribution >= 0.6 is 23.1 Å². The van der Waals surface area contributed by atoms with Crippen LogP contribution in [0.3, 0.4) is 0 Å². The van der Waals surface area contributed by atoms with Gasteiger partial charge >= 0.3 is 0 Å². The molecule has 0 radical (unpaired) electrons. The molecule has 0 bridgehead atoms. The van der Waals surface area contributed by atoms with Gasteiger partial charge in [-0.15, -0.1) is 11.3 Å². The first-order chi connectivity index (χ1) is 12.5. The third-order valence-corrected chi connectivity index (χ3v) is 6.74. The lowest BCUT2D eigenvalue weighted by Crippen LogP contribution is -2.23. The van der Waals surface area contributed by atoms with Crippen LogP contribution in [-0.2, 0) is 17.6 Å². The van der Waals surface area contributed by atoms with Gasteiger partial charge < -0.3 is 5.73 Å². The van der Waals surface area contributed by atoms with Crippen molar-refractivity contribution in [3.8, 4) is 5.69 Å². The predicted octanol–water partition coefficient (Wildman–Crippen LogP) is 3.21. The molecule has 5 nitrogen and oxygen atoms in total. The average molecular weight is 386 g/mol. The summed E-state index contributed by atoms with van der Waals surface area (Å²) in [6.45, 7) is 2.01. The van der Waals surface area contributed by atoms with E-state index in [1.807, 2.05) is 31.2 Å². The number of carbonyl (C=O) groups excluding carboxylic acids is 1. The van der Waals surface area contributed by atoms with E-state index in [0.29, 0.717) is 5.16 Å². The Morgan fingerprint density at radius 1 is 1.27 bits per heavy atom.